The molecule has 7 heteroatoms. The van der Waals surface area contributed by atoms with E-state index >= 15 is 0 Å². The third-order valence-electron chi connectivity index (χ3n) is 4.80. The molecule has 0 amide bonds. The lowest BCUT2D eigenvalue weighted by Gasteiger charge is -2.06. The van der Waals surface area contributed by atoms with Gasteiger partial charge in [0.05, 0.1) is 19.3 Å². The first-order valence-corrected chi connectivity index (χ1v) is 9.86. The molecule has 0 radical (unpaired) electrons. The van der Waals surface area contributed by atoms with Crippen LogP contribution in [-0.2, 0) is 4.74 Å². The molecular formula is C25H19FO6. The summed E-state index contributed by atoms with van der Waals surface area (Å²) in [5.74, 6) is -0.994. The van der Waals surface area contributed by atoms with Gasteiger partial charge in [0.1, 0.15) is 34.2 Å². The van der Waals surface area contributed by atoms with Crippen LogP contribution in [-0.4, -0.2) is 25.7 Å². The van der Waals surface area contributed by atoms with Gasteiger partial charge in [-0.1, -0.05) is 12.1 Å². The number of carbonyl (C=O) groups excluding carboxylic acids is 2. The van der Waals surface area contributed by atoms with Gasteiger partial charge in [0.25, 0.3) is 0 Å². The van der Waals surface area contributed by atoms with Crippen LogP contribution in [0.15, 0.2) is 71.1 Å². The second-order valence-electron chi connectivity index (χ2n) is 6.78. The van der Waals surface area contributed by atoms with Gasteiger partial charge in [-0.2, -0.15) is 0 Å². The summed E-state index contributed by atoms with van der Waals surface area (Å²) in [5, 5.41) is 0.410. The van der Waals surface area contributed by atoms with Crippen molar-refractivity contribution in [3.63, 3.8) is 0 Å². The predicted octanol–water partition coefficient (Wildman–Crippen LogP) is 5.64. The number of carbonyl (C=O) groups is 2. The molecule has 0 atom stereocenters. The van der Waals surface area contributed by atoms with Crippen LogP contribution < -0.4 is 9.47 Å². The second kappa shape index (κ2) is 8.93. The first-order chi connectivity index (χ1) is 15.5. The first-order valence-electron chi connectivity index (χ1n) is 9.86. The average Bonchev–Trinajstić information content (AvgIpc) is 3.18. The Bertz CT molecular complexity index is 1290. The molecule has 0 saturated heterocycles. The van der Waals surface area contributed by atoms with E-state index in [1.807, 2.05) is 0 Å². The molecule has 6 nitrogen and oxygen atoms in total. The number of halogens is 1. The zero-order valence-electron chi connectivity index (χ0n) is 17.4. The minimum Gasteiger partial charge on any atom is -0.497 e. The fourth-order valence-corrected chi connectivity index (χ4v) is 3.28. The smallest absolute Gasteiger partial charge is 0.346 e. The van der Waals surface area contributed by atoms with E-state index in [9.17, 15) is 14.0 Å². The molecule has 4 aromatic rings. The maximum absolute atomic E-state index is 13.9. The second-order valence-corrected chi connectivity index (χ2v) is 6.78. The van der Waals surface area contributed by atoms with E-state index in [0.29, 0.717) is 28.0 Å². The van der Waals surface area contributed by atoms with E-state index in [1.165, 1.54) is 30.3 Å². The highest BCUT2D eigenvalue weighted by molar-refractivity contribution is 6.09. The summed E-state index contributed by atoms with van der Waals surface area (Å²) in [6.07, 6.45) is 0. The number of fused-ring (bicyclic) bond motifs is 1. The molecule has 0 aliphatic rings. The van der Waals surface area contributed by atoms with E-state index < -0.39 is 17.8 Å². The molecule has 3 aromatic carbocycles. The predicted molar refractivity (Wildman–Crippen MR) is 116 cm³/mol. The Balaban J connectivity index is 1.77. The molecule has 0 unspecified atom stereocenters. The van der Waals surface area contributed by atoms with Crippen molar-refractivity contribution in [2.75, 3.05) is 13.7 Å². The number of esters is 2. The Labute approximate surface area is 183 Å². The monoisotopic (exact) mass is 434 g/mol. The summed E-state index contributed by atoms with van der Waals surface area (Å²) in [5.41, 5.74) is 1.07. The number of rotatable bonds is 6. The number of hydrogen-bond donors (Lipinski definition) is 0. The van der Waals surface area contributed by atoms with Crippen molar-refractivity contribution >= 4 is 22.9 Å². The summed E-state index contributed by atoms with van der Waals surface area (Å²) in [6, 6.07) is 17.1. The van der Waals surface area contributed by atoms with Crippen LogP contribution in [0.1, 0.15) is 27.6 Å². The van der Waals surface area contributed by atoms with E-state index in [1.54, 1.807) is 50.4 Å². The van der Waals surface area contributed by atoms with Gasteiger partial charge < -0.3 is 18.6 Å². The molecule has 162 valence electrons. The molecule has 0 N–H and O–H groups in total. The molecule has 0 saturated carbocycles. The van der Waals surface area contributed by atoms with E-state index in [0.717, 1.165) is 0 Å². The van der Waals surface area contributed by atoms with Crippen LogP contribution in [0, 0.1) is 5.82 Å². The molecule has 1 heterocycles. The summed E-state index contributed by atoms with van der Waals surface area (Å²) < 4.78 is 35.6. The van der Waals surface area contributed by atoms with Crippen molar-refractivity contribution < 1.29 is 32.6 Å². The van der Waals surface area contributed by atoms with Gasteiger partial charge in [-0.25, -0.2) is 14.0 Å². The SMILES string of the molecule is CCOC(=O)c1c(-c2ccc(OC)cc2)oc2ccc(OC(=O)c3ccccc3F)cc12. The third-order valence-corrected chi connectivity index (χ3v) is 4.80. The molecule has 0 aliphatic heterocycles. The average molecular weight is 434 g/mol. The lowest BCUT2D eigenvalue weighted by molar-refractivity contribution is 0.0528. The van der Waals surface area contributed by atoms with Gasteiger partial charge in [0.2, 0.25) is 0 Å². The van der Waals surface area contributed by atoms with Crippen molar-refractivity contribution in [3.8, 4) is 22.8 Å². The maximum Gasteiger partial charge on any atom is 0.346 e. The summed E-state index contributed by atoms with van der Waals surface area (Å²) in [7, 11) is 1.56. The lowest BCUT2D eigenvalue weighted by Crippen LogP contribution is -2.10. The number of benzene rings is 3. The van der Waals surface area contributed by atoms with Gasteiger partial charge in [-0.05, 0) is 61.5 Å². The van der Waals surface area contributed by atoms with Crippen molar-refractivity contribution in [2.45, 2.75) is 6.92 Å². The number of ether oxygens (including phenoxy) is 3. The molecule has 4 rings (SSSR count). The molecule has 0 bridgehead atoms. The van der Waals surface area contributed by atoms with E-state index in [2.05, 4.69) is 0 Å². The summed E-state index contributed by atoms with van der Waals surface area (Å²) >= 11 is 0. The zero-order chi connectivity index (χ0) is 22.7. The fourth-order valence-electron chi connectivity index (χ4n) is 3.28. The lowest BCUT2D eigenvalue weighted by atomic mass is 10.1. The Morgan fingerprint density at radius 3 is 2.34 bits per heavy atom. The van der Waals surface area contributed by atoms with Gasteiger partial charge >= 0.3 is 11.9 Å². The maximum atomic E-state index is 13.9. The van der Waals surface area contributed by atoms with Gasteiger partial charge in [-0.15, -0.1) is 0 Å². The van der Waals surface area contributed by atoms with Gasteiger partial charge in [0, 0.05) is 10.9 Å². The highest BCUT2D eigenvalue weighted by Gasteiger charge is 2.24. The van der Waals surface area contributed by atoms with E-state index in [4.69, 9.17) is 18.6 Å². The number of methoxy groups -OCH3 is 1. The summed E-state index contributed by atoms with van der Waals surface area (Å²) in [6.45, 7) is 1.88. The van der Waals surface area contributed by atoms with Crippen LogP contribution in [0.4, 0.5) is 4.39 Å². The molecule has 0 fully saturated rings. The third kappa shape index (κ3) is 4.05. The molecule has 0 spiro atoms. The van der Waals surface area contributed by atoms with Crippen LogP contribution in [0.5, 0.6) is 11.5 Å². The van der Waals surface area contributed by atoms with E-state index in [-0.39, 0.29) is 23.5 Å². The zero-order valence-corrected chi connectivity index (χ0v) is 17.4. The molecule has 32 heavy (non-hydrogen) atoms. The van der Waals surface area contributed by atoms with Crippen molar-refractivity contribution in [2.24, 2.45) is 0 Å². The van der Waals surface area contributed by atoms with Crippen LogP contribution in [0.3, 0.4) is 0 Å². The highest BCUT2D eigenvalue weighted by atomic mass is 19.1. The van der Waals surface area contributed by atoms with Crippen LogP contribution in [0.25, 0.3) is 22.3 Å². The first kappa shape index (κ1) is 21.1. The van der Waals surface area contributed by atoms with Gasteiger partial charge in [-0.3, -0.25) is 0 Å². The Kier molecular flexibility index (Phi) is 5.89. The topological polar surface area (TPSA) is 75.0 Å². The molecular weight excluding hydrogens is 415 g/mol. The normalized spacial score (nSPS) is 10.7. The standard InChI is InChI=1S/C25H19FO6/c1-3-30-25(28)22-19-14-17(31-24(27)18-6-4-5-7-20(18)26)12-13-21(19)32-23(22)15-8-10-16(29-2)11-9-15/h4-14H,3H2,1-2H3. The number of hydrogen-bond acceptors (Lipinski definition) is 6. The van der Waals surface area contributed by atoms with Crippen molar-refractivity contribution in [1.82, 2.24) is 0 Å². The fraction of sp³-hybridized carbons (Fsp3) is 0.120. The number of furan rings is 1. The molecule has 1 aromatic heterocycles. The highest BCUT2D eigenvalue weighted by Crippen LogP contribution is 2.36. The van der Waals surface area contributed by atoms with Crippen LogP contribution >= 0.6 is 0 Å². The minimum atomic E-state index is -0.848. The largest absolute Gasteiger partial charge is 0.497 e. The Morgan fingerprint density at radius 2 is 1.66 bits per heavy atom. The Morgan fingerprint density at radius 1 is 0.938 bits per heavy atom. The molecule has 0 aliphatic carbocycles. The van der Waals surface area contributed by atoms with Crippen LogP contribution in [0.2, 0.25) is 0 Å². The van der Waals surface area contributed by atoms with Crippen molar-refractivity contribution in [3.05, 3.63) is 83.7 Å². The van der Waals surface area contributed by atoms with Crippen molar-refractivity contribution in [1.29, 1.82) is 0 Å². The quantitative estimate of drug-likeness (QED) is 0.289. The minimum absolute atomic E-state index is 0.137. The van der Waals surface area contributed by atoms with Gasteiger partial charge in [0.15, 0.2) is 0 Å². The Hall–Kier alpha value is -4.13. The summed E-state index contributed by atoms with van der Waals surface area (Å²) in [4.78, 5) is 25.2.